The molecule has 20 heavy (non-hydrogen) atoms. The molecule has 1 atom stereocenters. The molecule has 6 nitrogen and oxygen atoms in total. The first-order valence-electron chi connectivity index (χ1n) is 6.56. The van der Waals surface area contributed by atoms with Gasteiger partial charge in [-0.1, -0.05) is 6.07 Å². The zero-order chi connectivity index (χ0) is 14.3. The fraction of sp³-hybridized carbons (Fsp3) is 0.357. The van der Waals surface area contributed by atoms with Crippen molar-refractivity contribution in [3.05, 3.63) is 29.3 Å². The molecule has 2 aliphatic rings. The number of amides is 3. The van der Waals surface area contributed by atoms with Crippen LogP contribution in [0.4, 0.5) is 5.69 Å². The van der Waals surface area contributed by atoms with Crippen LogP contribution >= 0.6 is 0 Å². The molecule has 2 aliphatic heterocycles. The number of nitrogens with zero attached hydrogens (tertiary/aromatic N) is 1. The molecule has 104 valence electrons. The zero-order valence-electron chi connectivity index (χ0n) is 11.1. The molecule has 3 rings (SSSR count). The van der Waals surface area contributed by atoms with Crippen LogP contribution in [0.3, 0.4) is 0 Å². The van der Waals surface area contributed by atoms with E-state index in [-0.39, 0.29) is 24.1 Å². The molecule has 1 fully saturated rings. The van der Waals surface area contributed by atoms with Crippen LogP contribution in [0, 0.1) is 0 Å². The number of hydrogen-bond acceptors (Lipinski definition) is 4. The molecule has 0 saturated carbocycles. The van der Waals surface area contributed by atoms with Crippen molar-refractivity contribution in [3.8, 4) is 0 Å². The van der Waals surface area contributed by atoms with Crippen molar-refractivity contribution >= 4 is 23.4 Å². The molecule has 3 amide bonds. The van der Waals surface area contributed by atoms with Gasteiger partial charge in [-0.3, -0.25) is 19.7 Å². The summed E-state index contributed by atoms with van der Waals surface area (Å²) < 4.78 is 0. The zero-order valence-corrected chi connectivity index (χ0v) is 11.1. The number of carbonyl (C=O) groups is 3. The Balaban J connectivity index is 1.90. The maximum atomic E-state index is 12.4. The molecule has 0 bridgehead atoms. The molecule has 0 aliphatic carbocycles. The third-order valence-corrected chi connectivity index (χ3v) is 3.85. The highest BCUT2D eigenvalue weighted by molar-refractivity contribution is 6.06. The van der Waals surface area contributed by atoms with Crippen molar-refractivity contribution in [2.45, 2.75) is 25.4 Å². The van der Waals surface area contributed by atoms with Gasteiger partial charge in [0.25, 0.3) is 5.91 Å². The number of carbonyl (C=O) groups excluding carboxylic acids is 3. The number of imide groups is 1. The van der Waals surface area contributed by atoms with E-state index in [1.807, 2.05) is 12.1 Å². The van der Waals surface area contributed by atoms with Gasteiger partial charge in [-0.15, -0.1) is 0 Å². The Morgan fingerprint density at radius 3 is 2.80 bits per heavy atom. The summed E-state index contributed by atoms with van der Waals surface area (Å²) >= 11 is 0. The Bertz CT molecular complexity index is 612. The second-order valence-corrected chi connectivity index (χ2v) is 4.98. The van der Waals surface area contributed by atoms with Gasteiger partial charge < -0.3 is 10.2 Å². The summed E-state index contributed by atoms with van der Waals surface area (Å²) in [7, 11) is 1.80. The smallest absolute Gasteiger partial charge is 0.255 e. The van der Waals surface area contributed by atoms with E-state index >= 15 is 0 Å². The number of benzene rings is 1. The minimum absolute atomic E-state index is 0.147. The van der Waals surface area contributed by atoms with Crippen LogP contribution < -0.4 is 10.6 Å². The predicted molar refractivity (Wildman–Crippen MR) is 72.0 cm³/mol. The van der Waals surface area contributed by atoms with E-state index in [2.05, 4.69) is 10.6 Å². The summed E-state index contributed by atoms with van der Waals surface area (Å²) in [6.07, 6.45) is 0.661. The van der Waals surface area contributed by atoms with Gasteiger partial charge in [-0.05, 0) is 18.6 Å². The predicted octanol–water partition coefficient (Wildman–Crippen LogP) is 0.489. The van der Waals surface area contributed by atoms with Crippen LogP contribution in [0.25, 0.3) is 0 Å². The minimum Gasteiger partial charge on any atom is -0.388 e. The SMILES string of the molecule is CNc1cccc2c1CN([C@@H]1CCC(=O)NC1=O)C2=O. The van der Waals surface area contributed by atoms with E-state index in [0.717, 1.165) is 11.3 Å². The monoisotopic (exact) mass is 273 g/mol. The molecule has 6 heteroatoms. The number of rotatable bonds is 2. The number of piperidine rings is 1. The number of anilines is 1. The van der Waals surface area contributed by atoms with Crippen molar-refractivity contribution in [1.29, 1.82) is 0 Å². The molecule has 2 N–H and O–H groups in total. The standard InChI is InChI=1S/C14H15N3O3/c1-15-10-4-2-3-8-9(10)7-17(14(8)20)11-5-6-12(18)16-13(11)19/h2-4,11,15H,5-7H2,1H3,(H,16,18,19)/t11-/m1/s1. The van der Waals surface area contributed by atoms with Gasteiger partial charge >= 0.3 is 0 Å². The van der Waals surface area contributed by atoms with E-state index < -0.39 is 6.04 Å². The lowest BCUT2D eigenvalue weighted by atomic mass is 10.0. The molecule has 0 spiro atoms. The Kier molecular flexibility index (Phi) is 2.93. The fourth-order valence-electron chi connectivity index (χ4n) is 2.82. The third-order valence-electron chi connectivity index (χ3n) is 3.85. The topological polar surface area (TPSA) is 78.5 Å². The first-order chi connectivity index (χ1) is 9.61. The van der Waals surface area contributed by atoms with Crippen LogP contribution in [-0.4, -0.2) is 35.7 Å². The molecular weight excluding hydrogens is 258 g/mol. The lowest BCUT2D eigenvalue weighted by molar-refractivity contribution is -0.136. The largest absolute Gasteiger partial charge is 0.388 e. The summed E-state index contributed by atoms with van der Waals surface area (Å²) in [5, 5.41) is 5.35. The van der Waals surface area contributed by atoms with Crippen LogP contribution in [0.15, 0.2) is 18.2 Å². The van der Waals surface area contributed by atoms with Crippen molar-refractivity contribution in [1.82, 2.24) is 10.2 Å². The van der Waals surface area contributed by atoms with Gasteiger partial charge in [0.1, 0.15) is 6.04 Å². The summed E-state index contributed by atoms with van der Waals surface area (Å²) in [6, 6.07) is 4.93. The molecule has 1 aromatic carbocycles. The minimum atomic E-state index is -0.558. The molecule has 2 heterocycles. The summed E-state index contributed by atoms with van der Waals surface area (Å²) in [6.45, 7) is 0.400. The first kappa shape index (κ1) is 12.7. The van der Waals surface area contributed by atoms with Gasteiger partial charge in [-0.25, -0.2) is 0 Å². The van der Waals surface area contributed by atoms with E-state index in [9.17, 15) is 14.4 Å². The highest BCUT2D eigenvalue weighted by Gasteiger charge is 2.39. The fourth-order valence-corrected chi connectivity index (χ4v) is 2.82. The van der Waals surface area contributed by atoms with Crippen molar-refractivity contribution < 1.29 is 14.4 Å². The van der Waals surface area contributed by atoms with Crippen LogP contribution in [-0.2, 0) is 16.1 Å². The van der Waals surface area contributed by atoms with Gasteiger partial charge in [0.05, 0.1) is 0 Å². The Morgan fingerprint density at radius 2 is 2.10 bits per heavy atom. The maximum Gasteiger partial charge on any atom is 0.255 e. The first-order valence-corrected chi connectivity index (χ1v) is 6.56. The van der Waals surface area contributed by atoms with Crippen LogP contribution in [0.5, 0.6) is 0 Å². The van der Waals surface area contributed by atoms with Gasteiger partial charge in [-0.2, -0.15) is 0 Å². The van der Waals surface area contributed by atoms with Crippen molar-refractivity contribution in [2.24, 2.45) is 0 Å². The van der Waals surface area contributed by atoms with Crippen molar-refractivity contribution in [3.63, 3.8) is 0 Å². The van der Waals surface area contributed by atoms with Gasteiger partial charge in [0, 0.05) is 36.8 Å². The number of fused-ring (bicyclic) bond motifs is 1. The quantitative estimate of drug-likeness (QED) is 0.769. The number of hydrogen-bond donors (Lipinski definition) is 2. The maximum absolute atomic E-state index is 12.4. The van der Waals surface area contributed by atoms with Crippen LogP contribution in [0.2, 0.25) is 0 Å². The summed E-state index contributed by atoms with van der Waals surface area (Å²) in [4.78, 5) is 37.1. The average Bonchev–Trinajstić information content (AvgIpc) is 2.76. The highest BCUT2D eigenvalue weighted by Crippen LogP contribution is 2.31. The third kappa shape index (κ3) is 1.84. The number of nitrogens with one attached hydrogen (secondary N) is 2. The molecule has 0 radical (unpaired) electrons. The Morgan fingerprint density at radius 1 is 1.30 bits per heavy atom. The lowest BCUT2D eigenvalue weighted by Crippen LogP contribution is -2.52. The van der Waals surface area contributed by atoms with E-state index in [1.54, 1.807) is 18.0 Å². The Hall–Kier alpha value is -2.37. The summed E-state index contributed by atoms with van der Waals surface area (Å²) in [5.41, 5.74) is 2.43. The van der Waals surface area contributed by atoms with E-state index in [4.69, 9.17) is 0 Å². The van der Waals surface area contributed by atoms with Crippen LogP contribution in [0.1, 0.15) is 28.8 Å². The van der Waals surface area contributed by atoms with Gasteiger partial charge in [0.2, 0.25) is 11.8 Å². The molecule has 1 aromatic rings. The van der Waals surface area contributed by atoms with Gasteiger partial charge in [0.15, 0.2) is 0 Å². The van der Waals surface area contributed by atoms with Crippen molar-refractivity contribution in [2.75, 3.05) is 12.4 Å². The molecule has 0 aromatic heterocycles. The molecular formula is C14H15N3O3. The van der Waals surface area contributed by atoms with E-state index in [0.29, 0.717) is 18.5 Å². The normalized spacial score (nSPS) is 21.8. The summed E-state index contributed by atoms with van der Waals surface area (Å²) in [5.74, 6) is -0.800. The lowest BCUT2D eigenvalue weighted by Gasteiger charge is -2.29. The molecule has 0 unspecified atom stereocenters. The Labute approximate surface area is 116 Å². The molecule has 1 saturated heterocycles. The van der Waals surface area contributed by atoms with E-state index in [1.165, 1.54) is 0 Å². The average molecular weight is 273 g/mol. The second-order valence-electron chi connectivity index (χ2n) is 4.98. The highest BCUT2D eigenvalue weighted by atomic mass is 16.2. The second kappa shape index (κ2) is 4.63.